The van der Waals surface area contributed by atoms with E-state index in [1.807, 2.05) is 25.4 Å². The van der Waals surface area contributed by atoms with Crippen molar-refractivity contribution >= 4 is 5.65 Å². The van der Waals surface area contributed by atoms with E-state index in [2.05, 4.69) is 15.4 Å². The van der Waals surface area contributed by atoms with E-state index in [0.29, 0.717) is 0 Å². The third-order valence-electron chi connectivity index (χ3n) is 3.31. The van der Waals surface area contributed by atoms with Gasteiger partial charge in [-0.15, -0.1) is 0 Å². The number of aryl methyl sites for hydroxylation is 1. The van der Waals surface area contributed by atoms with Gasteiger partial charge in [0.2, 0.25) is 0 Å². The summed E-state index contributed by atoms with van der Waals surface area (Å²) in [5, 5.41) is 16.9. The molecular weight excluding hydrogens is 216 g/mol. The number of nitrogens with zero attached hydrogens (tertiary/aromatic N) is 3. The Kier molecular flexibility index (Phi) is 2.38. The Bertz CT molecular complexity index is 544. The lowest BCUT2D eigenvalue weighted by atomic mass is 10.2. The van der Waals surface area contributed by atoms with Gasteiger partial charge < -0.3 is 10.4 Å². The van der Waals surface area contributed by atoms with Crippen LogP contribution in [0.3, 0.4) is 0 Å². The molecule has 0 bridgehead atoms. The van der Waals surface area contributed by atoms with Crippen LogP contribution in [-0.2, 0) is 6.54 Å². The third-order valence-corrected chi connectivity index (χ3v) is 3.31. The van der Waals surface area contributed by atoms with Crippen LogP contribution in [0.5, 0.6) is 0 Å². The second-order valence-corrected chi connectivity index (χ2v) is 4.84. The maximum atomic E-state index is 9.21. The molecular formula is C12H16N4O. The Hall–Kier alpha value is -1.46. The number of aromatic nitrogens is 3. The predicted octanol–water partition coefficient (Wildman–Crippen LogP) is 0.652. The number of hydrogen-bond acceptors (Lipinski definition) is 4. The van der Waals surface area contributed by atoms with Gasteiger partial charge in [0.1, 0.15) is 0 Å². The number of fused-ring (bicyclic) bond motifs is 1. The molecule has 0 spiro atoms. The molecule has 1 saturated carbocycles. The quantitative estimate of drug-likeness (QED) is 0.812. The average molecular weight is 232 g/mol. The van der Waals surface area contributed by atoms with E-state index in [4.69, 9.17) is 0 Å². The van der Waals surface area contributed by atoms with Gasteiger partial charge in [-0.25, -0.2) is 9.50 Å². The van der Waals surface area contributed by atoms with Gasteiger partial charge in [0.05, 0.1) is 12.3 Å². The van der Waals surface area contributed by atoms with Gasteiger partial charge in [0.25, 0.3) is 0 Å². The number of nitrogens with one attached hydrogen (secondary N) is 1. The largest absolute Gasteiger partial charge is 0.394 e. The molecule has 0 unspecified atom stereocenters. The first-order valence-electron chi connectivity index (χ1n) is 5.88. The summed E-state index contributed by atoms with van der Waals surface area (Å²) in [5.74, 6) is 0. The number of rotatable bonds is 4. The zero-order chi connectivity index (χ0) is 11.9. The van der Waals surface area contributed by atoms with Crippen LogP contribution in [0.1, 0.15) is 24.1 Å². The van der Waals surface area contributed by atoms with Crippen LogP contribution in [0.2, 0.25) is 0 Å². The fourth-order valence-corrected chi connectivity index (χ4v) is 1.96. The van der Waals surface area contributed by atoms with E-state index in [1.54, 1.807) is 4.52 Å². The second kappa shape index (κ2) is 3.78. The van der Waals surface area contributed by atoms with Gasteiger partial charge in [-0.1, -0.05) is 0 Å². The molecule has 0 amide bonds. The molecule has 2 N–H and O–H groups in total. The highest BCUT2D eigenvalue weighted by atomic mass is 16.3. The molecule has 5 nitrogen and oxygen atoms in total. The maximum Gasteiger partial charge on any atom is 0.155 e. The fourth-order valence-electron chi connectivity index (χ4n) is 1.96. The van der Waals surface area contributed by atoms with Crippen molar-refractivity contribution in [3.8, 4) is 0 Å². The minimum Gasteiger partial charge on any atom is -0.394 e. The van der Waals surface area contributed by atoms with Crippen LogP contribution >= 0.6 is 0 Å². The van der Waals surface area contributed by atoms with E-state index in [1.165, 1.54) is 0 Å². The molecule has 2 aromatic rings. The highest BCUT2D eigenvalue weighted by molar-refractivity contribution is 5.38. The molecule has 1 aliphatic rings. The Morgan fingerprint density at radius 1 is 1.53 bits per heavy atom. The van der Waals surface area contributed by atoms with Crippen LogP contribution in [0.4, 0.5) is 0 Å². The lowest BCUT2D eigenvalue weighted by Crippen LogP contribution is -2.34. The normalized spacial score (nSPS) is 17.5. The number of aliphatic hydroxyl groups is 1. The average Bonchev–Trinajstić information content (AvgIpc) is 3.01. The lowest BCUT2D eigenvalue weighted by molar-refractivity contribution is 0.229. The fraction of sp³-hybridized carbons (Fsp3) is 0.500. The van der Waals surface area contributed by atoms with E-state index < -0.39 is 0 Å². The Morgan fingerprint density at radius 3 is 3.06 bits per heavy atom. The number of hydrogen-bond donors (Lipinski definition) is 2. The standard InChI is InChI=1S/C12H16N4O/c1-9-4-11-13-5-10(7-16(11)15-9)6-14-12(8-17)2-3-12/h4-5,7,14,17H,2-3,6,8H2,1H3. The van der Waals surface area contributed by atoms with Crippen molar-refractivity contribution in [3.05, 3.63) is 29.7 Å². The van der Waals surface area contributed by atoms with Crippen molar-refractivity contribution < 1.29 is 5.11 Å². The van der Waals surface area contributed by atoms with Crippen molar-refractivity contribution in [2.75, 3.05) is 6.61 Å². The maximum absolute atomic E-state index is 9.21. The summed E-state index contributed by atoms with van der Waals surface area (Å²) in [6, 6.07) is 1.95. The zero-order valence-electron chi connectivity index (χ0n) is 9.85. The highest BCUT2D eigenvalue weighted by Crippen LogP contribution is 2.34. The Morgan fingerprint density at radius 2 is 2.35 bits per heavy atom. The minimum atomic E-state index is -0.0327. The SMILES string of the molecule is Cc1cc2ncc(CNC3(CO)CC3)cn2n1. The molecule has 2 heterocycles. The third kappa shape index (κ3) is 2.03. The molecule has 0 aliphatic heterocycles. The summed E-state index contributed by atoms with van der Waals surface area (Å²) in [7, 11) is 0. The second-order valence-electron chi connectivity index (χ2n) is 4.84. The van der Waals surface area contributed by atoms with Crippen molar-refractivity contribution in [2.24, 2.45) is 0 Å². The summed E-state index contributed by atoms with van der Waals surface area (Å²) in [6.07, 6.45) is 5.95. The van der Waals surface area contributed by atoms with E-state index in [-0.39, 0.29) is 12.1 Å². The monoisotopic (exact) mass is 232 g/mol. The molecule has 0 saturated heterocycles. The molecule has 0 atom stereocenters. The smallest absolute Gasteiger partial charge is 0.155 e. The van der Waals surface area contributed by atoms with Gasteiger partial charge in [-0.3, -0.25) is 0 Å². The first-order chi connectivity index (χ1) is 8.21. The summed E-state index contributed by atoms with van der Waals surface area (Å²) in [5.41, 5.74) is 2.89. The van der Waals surface area contributed by atoms with Crippen LogP contribution in [0, 0.1) is 6.92 Å². The van der Waals surface area contributed by atoms with Crippen LogP contribution in [0.15, 0.2) is 18.5 Å². The molecule has 1 fully saturated rings. The zero-order valence-corrected chi connectivity index (χ0v) is 9.85. The lowest BCUT2D eigenvalue weighted by Gasteiger charge is -2.13. The van der Waals surface area contributed by atoms with Gasteiger partial charge in [-0.05, 0) is 19.8 Å². The molecule has 2 aromatic heterocycles. The molecule has 3 rings (SSSR count). The van der Waals surface area contributed by atoms with Gasteiger partial charge in [0.15, 0.2) is 5.65 Å². The van der Waals surface area contributed by atoms with Gasteiger partial charge >= 0.3 is 0 Å². The van der Waals surface area contributed by atoms with E-state index >= 15 is 0 Å². The molecule has 90 valence electrons. The molecule has 1 aliphatic carbocycles. The molecule has 0 aromatic carbocycles. The van der Waals surface area contributed by atoms with Crippen molar-refractivity contribution in [1.29, 1.82) is 0 Å². The van der Waals surface area contributed by atoms with E-state index in [0.717, 1.165) is 36.3 Å². The molecule has 0 radical (unpaired) electrons. The predicted molar refractivity (Wildman–Crippen MR) is 63.6 cm³/mol. The van der Waals surface area contributed by atoms with Crippen LogP contribution in [-0.4, -0.2) is 31.9 Å². The topological polar surface area (TPSA) is 62.5 Å². The van der Waals surface area contributed by atoms with Crippen molar-refractivity contribution in [1.82, 2.24) is 19.9 Å². The Labute approximate surface area is 99.5 Å². The molecule has 17 heavy (non-hydrogen) atoms. The summed E-state index contributed by atoms with van der Waals surface area (Å²) in [6.45, 7) is 2.89. The summed E-state index contributed by atoms with van der Waals surface area (Å²) >= 11 is 0. The Balaban J connectivity index is 1.76. The van der Waals surface area contributed by atoms with E-state index in [9.17, 15) is 5.11 Å². The van der Waals surface area contributed by atoms with Gasteiger partial charge in [-0.2, -0.15) is 5.10 Å². The van der Waals surface area contributed by atoms with Crippen LogP contribution in [0.25, 0.3) is 5.65 Å². The highest BCUT2D eigenvalue weighted by Gasteiger charge is 2.41. The summed E-state index contributed by atoms with van der Waals surface area (Å²) in [4.78, 5) is 4.35. The first kappa shape index (κ1) is 10.7. The number of aliphatic hydroxyl groups excluding tert-OH is 1. The molecule has 5 heteroatoms. The minimum absolute atomic E-state index is 0.0327. The van der Waals surface area contributed by atoms with Gasteiger partial charge in [0, 0.05) is 36.1 Å². The van der Waals surface area contributed by atoms with Crippen LogP contribution < -0.4 is 5.32 Å². The summed E-state index contributed by atoms with van der Waals surface area (Å²) < 4.78 is 1.80. The first-order valence-corrected chi connectivity index (χ1v) is 5.88. The van der Waals surface area contributed by atoms with Crippen molar-refractivity contribution in [2.45, 2.75) is 31.8 Å². The van der Waals surface area contributed by atoms with Crippen molar-refractivity contribution in [3.63, 3.8) is 0 Å².